The van der Waals surface area contributed by atoms with Crippen LogP contribution >= 0.6 is 0 Å². The zero-order valence-corrected chi connectivity index (χ0v) is 16.7. The molecule has 1 saturated heterocycles. The first-order chi connectivity index (χ1) is 15.0. The Kier molecular flexibility index (Phi) is 7.34. The van der Waals surface area contributed by atoms with Crippen molar-refractivity contribution in [3.63, 3.8) is 0 Å². The number of amides is 1. The molecule has 31 heavy (non-hydrogen) atoms. The van der Waals surface area contributed by atoms with E-state index in [2.05, 4.69) is 10.5 Å². The van der Waals surface area contributed by atoms with E-state index in [-0.39, 0.29) is 6.61 Å². The third-order valence-electron chi connectivity index (χ3n) is 4.63. The van der Waals surface area contributed by atoms with E-state index >= 15 is 0 Å². The molecule has 0 unspecified atom stereocenters. The van der Waals surface area contributed by atoms with E-state index in [9.17, 15) is 14.4 Å². The molecule has 0 bridgehead atoms. The molecule has 1 amide bonds. The molecule has 1 fully saturated rings. The highest BCUT2D eigenvalue weighted by Crippen LogP contribution is 2.25. The van der Waals surface area contributed by atoms with Crippen LogP contribution in [0.4, 0.5) is 0 Å². The first-order valence-corrected chi connectivity index (χ1v) is 9.58. The van der Waals surface area contributed by atoms with Crippen LogP contribution in [0.2, 0.25) is 0 Å². The number of hydrogen-bond donors (Lipinski definition) is 2. The van der Waals surface area contributed by atoms with Gasteiger partial charge in [-0.15, -0.1) is 0 Å². The summed E-state index contributed by atoms with van der Waals surface area (Å²) < 4.78 is 16.7. The fourth-order valence-electron chi connectivity index (χ4n) is 3.24. The Balaban J connectivity index is 1.76. The number of carbonyl (C=O) groups excluding carboxylic acids is 3. The smallest absolute Gasteiger partial charge is 0.338 e. The summed E-state index contributed by atoms with van der Waals surface area (Å²) in [6.45, 7) is 1.09. The number of rotatable bonds is 7. The zero-order valence-electron chi connectivity index (χ0n) is 16.7. The van der Waals surface area contributed by atoms with Crippen molar-refractivity contribution in [3.05, 3.63) is 71.8 Å². The molecule has 9 heteroatoms. The molecule has 162 valence electrons. The Morgan fingerprint density at radius 1 is 1.03 bits per heavy atom. The molecule has 3 rings (SSSR count). The molecule has 0 radical (unpaired) electrons. The molecule has 1 heterocycles. The standard InChI is InChI=1S/C22H22N2O7/c1-14(25)24-19-18(13-29-21(26)15-8-4-2-5-9-15)30-17(12-23-28)20(19)31-22(27)16-10-6-3-7-11-16/h2-12,17-20,28H,13H2,1H3,(H,24,25)/b23-12+/t17-,18+,19-,20-/m0/s1. The van der Waals surface area contributed by atoms with Crippen LogP contribution in [-0.4, -0.2) is 60.2 Å². The van der Waals surface area contributed by atoms with E-state index in [1.54, 1.807) is 60.7 Å². The normalized spacial score (nSPS) is 22.7. The summed E-state index contributed by atoms with van der Waals surface area (Å²) >= 11 is 0. The van der Waals surface area contributed by atoms with E-state index in [1.807, 2.05) is 0 Å². The molecule has 9 nitrogen and oxygen atoms in total. The van der Waals surface area contributed by atoms with Crippen molar-refractivity contribution in [2.45, 2.75) is 31.3 Å². The summed E-state index contributed by atoms with van der Waals surface area (Å²) in [6, 6.07) is 15.9. The van der Waals surface area contributed by atoms with Crippen LogP contribution in [0.5, 0.6) is 0 Å². The predicted octanol–water partition coefficient (Wildman–Crippen LogP) is 1.80. The van der Waals surface area contributed by atoms with Crippen LogP contribution in [0.3, 0.4) is 0 Å². The van der Waals surface area contributed by atoms with Crippen LogP contribution in [-0.2, 0) is 19.0 Å². The summed E-state index contributed by atoms with van der Waals surface area (Å²) in [6.07, 6.45) is -1.76. The Morgan fingerprint density at radius 2 is 1.61 bits per heavy atom. The second-order valence-electron chi connectivity index (χ2n) is 6.83. The Bertz CT molecular complexity index is 933. The van der Waals surface area contributed by atoms with E-state index in [1.165, 1.54) is 6.92 Å². The van der Waals surface area contributed by atoms with Crippen LogP contribution in [0.15, 0.2) is 65.8 Å². The van der Waals surface area contributed by atoms with Crippen LogP contribution in [0, 0.1) is 0 Å². The average molecular weight is 426 g/mol. The Labute approximate surface area is 178 Å². The van der Waals surface area contributed by atoms with Crippen molar-refractivity contribution in [2.75, 3.05) is 6.61 Å². The van der Waals surface area contributed by atoms with Crippen molar-refractivity contribution < 1.29 is 33.8 Å². The maximum atomic E-state index is 12.6. The Hall–Kier alpha value is -3.72. The number of nitrogens with zero attached hydrogens (tertiary/aromatic N) is 1. The molecule has 2 aromatic rings. The summed E-state index contributed by atoms with van der Waals surface area (Å²) in [7, 11) is 0. The molecule has 2 N–H and O–H groups in total. The average Bonchev–Trinajstić information content (AvgIpc) is 3.09. The monoisotopic (exact) mass is 426 g/mol. The van der Waals surface area contributed by atoms with Gasteiger partial charge in [0.15, 0.2) is 6.10 Å². The molecule has 1 aliphatic rings. The number of nitrogens with one attached hydrogen (secondary N) is 1. The van der Waals surface area contributed by atoms with Gasteiger partial charge in [-0.3, -0.25) is 4.79 Å². The molecular weight excluding hydrogens is 404 g/mol. The topological polar surface area (TPSA) is 124 Å². The van der Waals surface area contributed by atoms with Gasteiger partial charge >= 0.3 is 11.9 Å². The SMILES string of the molecule is CC(=O)N[C@@H]1[C@@H](OC(=O)c2ccccc2)[C@H](/C=N/O)O[C@@H]1COC(=O)c1ccccc1. The molecular formula is C22H22N2O7. The van der Waals surface area contributed by atoms with Crippen molar-refractivity contribution in [3.8, 4) is 0 Å². The van der Waals surface area contributed by atoms with Gasteiger partial charge < -0.3 is 24.7 Å². The highest BCUT2D eigenvalue weighted by atomic mass is 16.6. The van der Waals surface area contributed by atoms with Gasteiger partial charge in [-0.05, 0) is 24.3 Å². The minimum Gasteiger partial charge on any atom is -0.459 e. The number of esters is 2. The molecule has 1 aliphatic heterocycles. The van der Waals surface area contributed by atoms with Gasteiger partial charge in [0.2, 0.25) is 5.91 Å². The Morgan fingerprint density at radius 3 is 2.16 bits per heavy atom. The largest absolute Gasteiger partial charge is 0.459 e. The van der Waals surface area contributed by atoms with Gasteiger partial charge in [-0.2, -0.15) is 0 Å². The number of ether oxygens (including phenoxy) is 3. The van der Waals surface area contributed by atoms with Crippen molar-refractivity contribution in [1.82, 2.24) is 5.32 Å². The van der Waals surface area contributed by atoms with Crippen molar-refractivity contribution in [1.29, 1.82) is 0 Å². The predicted molar refractivity (Wildman–Crippen MR) is 109 cm³/mol. The molecule has 0 aliphatic carbocycles. The summed E-state index contributed by atoms with van der Waals surface area (Å²) in [5, 5.41) is 14.6. The molecule has 0 spiro atoms. The van der Waals surface area contributed by atoms with Crippen molar-refractivity contribution in [2.24, 2.45) is 5.16 Å². The minimum atomic E-state index is -1.01. The number of hydrogen-bond acceptors (Lipinski definition) is 8. The number of carbonyl (C=O) groups is 3. The van der Waals surface area contributed by atoms with Gasteiger partial charge in [-0.25, -0.2) is 9.59 Å². The second-order valence-corrected chi connectivity index (χ2v) is 6.83. The number of benzene rings is 2. The fourth-order valence-corrected chi connectivity index (χ4v) is 3.24. The van der Waals surface area contributed by atoms with Crippen LogP contribution < -0.4 is 5.32 Å². The van der Waals surface area contributed by atoms with Crippen molar-refractivity contribution >= 4 is 24.1 Å². The van der Waals surface area contributed by atoms with E-state index < -0.39 is 42.2 Å². The van der Waals surface area contributed by atoms with Gasteiger partial charge in [0.1, 0.15) is 18.8 Å². The summed E-state index contributed by atoms with van der Waals surface area (Å²) in [5.74, 6) is -1.60. The van der Waals surface area contributed by atoms with Gasteiger partial charge in [0.25, 0.3) is 0 Å². The highest BCUT2D eigenvalue weighted by molar-refractivity contribution is 5.90. The van der Waals surface area contributed by atoms with E-state index in [0.717, 1.165) is 6.21 Å². The lowest BCUT2D eigenvalue weighted by Gasteiger charge is -2.24. The lowest BCUT2D eigenvalue weighted by atomic mass is 10.0. The third-order valence-corrected chi connectivity index (χ3v) is 4.63. The molecule has 4 atom stereocenters. The lowest BCUT2D eigenvalue weighted by molar-refractivity contribution is -0.120. The van der Waals surface area contributed by atoms with Gasteiger partial charge in [-0.1, -0.05) is 41.6 Å². The maximum Gasteiger partial charge on any atom is 0.338 e. The lowest BCUT2D eigenvalue weighted by Crippen LogP contribution is -2.50. The minimum absolute atomic E-state index is 0.214. The third kappa shape index (κ3) is 5.67. The van der Waals surface area contributed by atoms with E-state index in [4.69, 9.17) is 19.4 Å². The highest BCUT2D eigenvalue weighted by Gasteiger charge is 2.47. The first-order valence-electron chi connectivity index (χ1n) is 9.58. The first kappa shape index (κ1) is 22.0. The van der Waals surface area contributed by atoms with Gasteiger partial charge in [0, 0.05) is 6.92 Å². The van der Waals surface area contributed by atoms with Crippen LogP contribution in [0.1, 0.15) is 27.6 Å². The van der Waals surface area contributed by atoms with Crippen LogP contribution in [0.25, 0.3) is 0 Å². The maximum absolute atomic E-state index is 12.6. The number of oxime groups is 1. The molecule has 0 aromatic heterocycles. The molecule has 2 aromatic carbocycles. The second kappa shape index (κ2) is 10.4. The summed E-state index contributed by atoms with van der Waals surface area (Å²) in [4.78, 5) is 36.6. The van der Waals surface area contributed by atoms with E-state index in [0.29, 0.717) is 11.1 Å². The summed E-state index contributed by atoms with van der Waals surface area (Å²) in [5.41, 5.74) is 0.666. The zero-order chi connectivity index (χ0) is 22.2. The quantitative estimate of drug-likeness (QED) is 0.299. The molecule has 0 saturated carbocycles. The fraction of sp³-hybridized carbons (Fsp3) is 0.273. The van der Waals surface area contributed by atoms with Gasteiger partial charge in [0.05, 0.1) is 23.4 Å².